The Morgan fingerprint density at radius 3 is 2.59 bits per heavy atom. The molecule has 2 aliphatic rings. The van der Waals surface area contributed by atoms with Gasteiger partial charge in [-0.3, -0.25) is 14.3 Å². The number of nitrogens with one attached hydrogen (secondary N) is 3. The number of nitrogens with zero attached hydrogens (tertiary/aromatic N) is 2. The molecule has 22 heavy (non-hydrogen) atoms. The fraction of sp³-hybridized carbons (Fsp3) is 0.667. The van der Waals surface area contributed by atoms with Crippen LogP contribution in [0.3, 0.4) is 0 Å². The molecule has 1 aliphatic heterocycles. The molecule has 0 unspecified atom stereocenters. The van der Waals surface area contributed by atoms with Gasteiger partial charge in [0.2, 0.25) is 11.8 Å². The van der Waals surface area contributed by atoms with E-state index < -0.39 is 5.54 Å². The van der Waals surface area contributed by atoms with E-state index in [1.165, 1.54) is 0 Å². The third kappa shape index (κ3) is 3.14. The monoisotopic (exact) mass is 305 g/mol. The molecule has 1 aromatic rings. The minimum absolute atomic E-state index is 0.0154. The van der Waals surface area contributed by atoms with Crippen molar-refractivity contribution in [2.24, 2.45) is 5.92 Å². The van der Waals surface area contributed by atoms with Crippen molar-refractivity contribution in [3.8, 4) is 0 Å². The van der Waals surface area contributed by atoms with E-state index in [1.54, 1.807) is 10.9 Å². The van der Waals surface area contributed by atoms with Gasteiger partial charge < -0.3 is 16.0 Å². The number of amides is 2. The molecule has 1 aliphatic carbocycles. The number of piperidine rings is 1. The largest absolute Gasteiger partial charge is 0.354 e. The summed E-state index contributed by atoms with van der Waals surface area (Å²) in [7, 11) is 0. The molecule has 0 atom stereocenters. The summed E-state index contributed by atoms with van der Waals surface area (Å²) in [6.45, 7) is 2.53. The maximum Gasteiger partial charge on any atom is 0.248 e. The van der Waals surface area contributed by atoms with Gasteiger partial charge in [-0.2, -0.15) is 5.10 Å². The van der Waals surface area contributed by atoms with Crippen LogP contribution in [0.25, 0.3) is 0 Å². The molecule has 7 heteroatoms. The molecule has 7 nitrogen and oxygen atoms in total. The minimum Gasteiger partial charge on any atom is -0.354 e. The van der Waals surface area contributed by atoms with Crippen LogP contribution < -0.4 is 16.0 Å². The lowest BCUT2D eigenvalue weighted by molar-refractivity contribution is -0.132. The minimum atomic E-state index is -0.616. The van der Waals surface area contributed by atoms with Gasteiger partial charge in [0.1, 0.15) is 5.54 Å². The molecule has 2 heterocycles. The Hall–Kier alpha value is -1.89. The Labute approximate surface area is 129 Å². The summed E-state index contributed by atoms with van der Waals surface area (Å²) in [4.78, 5) is 24.3. The number of aromatic nitrogens is 2. The maximum absolute atomic E-state index is 12.7. The van der Waals surface area contributed by atoms with Crippen LogP contribution in [0.15, 0.2) is 18.5 Å². The van der Waals surface area contributed by atoms with Crippen LogP contribution in [-0.2, 0) is 15.1 Å². The van der Waals surface area contributed by atoms with E-state index in [4.69, 9.17) is 0 Å². The van der Waals surface area contributed by atoms with E-state index >= 15 is 0 Å². The Bertz CT molecular complexity index is 518. The van der Waals surface area contributed by atoms with Crippen molar-refractivity contribution in [3.05, 3.63) is 18.5 Å². The van der Waals surface area contributed by atoms with E-state index in [1.807, 2.05) is 12.3 Å². The average Bonchev–Trinajstić information content (AvgIpc) is 3.26. The molecule has 1 saturated carbocycles. The smallest absolute Gasteiger partial charge is 0.248 e. The number of rotatable bonds is 6. The zero-order valence-electron chi connectivity index (χ0n) is 12.7. The molecule has 1 aromatic heterocycles. The Morgan fingerprint density at radius 1 is 1.23 bits per heavy atom. The van der Waals surface area contributed by atoms with Crippen LogP contribution in [0, 0.1) is 5.92 Å². The molecular weight excluding hydrogens is 282 g/mol. The van der Waals surface area contributed by atoms with E-state index in [2.05, 4.69) is 21.0 Å². The predicted octanol–water partition coefficient (Wildman–Crippen LogP) is -0.396. The summed E-state index contributed by atoms with van der Waals surface area (Å²) in [6, 6.07) is 1.84. The zero-order chi connectivity index (χ0) is 15.4. The van der Waals surface area contributed by atoms with Crippen molar-refractivity contribution in [2.75, 3.05) is 26.2 Å². The number of hydrogen-bond acceptors (Lipinski definition) is 4. The van der Waals surface area contributed by atoms with Crippen LogP contribution in [-0.4, -0.2) is 47.8 Å². The first-order chi connectivity index (χ1) is 10.7. The van der Waals surface area contributed by atoms with Crippen molar-refractivity contribution in [1.29, 1.82) is 0 Å². The van der Waals surface area contributed by atoms with Gasteiger partial charge in [0.05, 0.1) is 0 Å². The summed E-state index contributed by atoms with van der Waals surface area (Å²) in [5.74, 6) is 0.298. The molecule has 120 valence electrons. The Kier molecular flexibility index (Phi) is 4.42. The van der Waals surface area contributed by atoms with E-state index in [0.29, 0.717) is 13.1 Å². The fourth-order valence-corrected chi connectivity index (χ4v) is 2.94. The number of carbonyl (C=O) groups is 2. The van der Waals surface area contributed by atoms with Gasteiger partial charge in [-0.15, -0.1) is 0 Å². The lowest BCUT2D eigenvalue weighted by Crippen LogP contribution is -2.55. The molecular formula is C15H23N5O2. The molecule has 0 radical (unpaired) electrons. The predicted molar refractivity (Wildman–Crippen MR) is 81.0 cm³/mol. The van der Waals surface area contributed by atoms with E-state index in [9.17, 15) is 9.59 Å². The number of hydrogen-bond donors (Lipinski definition) is 3. The fourth-order valence-electron chi connectivity index (χ4n) is 2.94. The van der Waals surface area contributed by atoms with E-state index in [0.717, 1.165) is 38.8 Å². The molecule has 0 spiro atoms. The molecule has 0 bridgehead atoms. The van der Waals surface area contributed by atoms with Crippen molar-refractivity contribution in [3.63, 3.8) is 0 Å². The summed E-state index contributed by atoms with van der Waals surface area (Å²) in [5.41, 5.74) is -0.616. The van der Waals surface area contributed by atoms with Gasteiger partial charge in [-0.25, -0.2) is 0 Å². The SMILES string of the molecule is O=C(NCCNC(=O)C1(n2cccn2)CCNCC1)C1CC1. The van der Waals surface area contributed by atoms with Crippen LogP contribution >= 0.6 is 0 Å². The highest BCUT2D eigenvalue weighted by Crippen LogP contribution is 2.28. The molecule has 3 N–H and O–H groups in total. The molecule has 2 fully saturated rings. The van der Waals surface area contributed by atoms with Crippen LogP contribution in [0.1, 0.15) is 25.7 Å². The van der Waals surface area contributed by atoms with Gasteiger partial charge in [0.15, 0.2) is 0 Å². The second-order valence-electron chi connectivity index (χ2n) is 6.05. The first-order valence-electron chi connectivity index (χ1n) is 7.99. The number of carbonyl (C=O) groups excluding carboxylic acids is 2. The molecule has 0 aromatic carbocycles. The van der Waals surface area contributed by atoms with Gasteiger partial charge >= 0.3 is 0 Å². The van der Waals surface area contributed by atoms with Crippen LogP contribution in [0.4, 0.5) is 0 Å². The van der Waals surface area contributed by atoms with Gasteiger partial charge in [-0.1, -0.05) is 0 Å². The molecule has 1 saturated heterocycles. The first-order valence-corrected chi connectivity index (χ1v) is 7.99. The lowest BCUT2D eigenvalue weighted by Gasteiger charge is -2.36. The second-order valence-corrected chi connectivity index (χ2v) is 6.05. The Morgan fingerprint density at radius 2 is 1.95 bits per heavy atom. The average molecular weight is 305 g/mol. The van der Waals surface area contributed by atoms with Crippen molar-refractivity contribution in [2.45, 2.75) is 31.2 Å². The van der Waals surface area contributed by atoms with Crippen molar-refractivity contribution >= 4 is 11.8 Å². The third-order valence-electron chi connectivity index (χ3n) is 4.45. The molecule has 2 amide bonds. The van der Waals surface area contributed by atoms with Gasteiger partial charge in [0, 0.05) is 31.4 Å². The quantitative estimate of drug-likeness (QED) is 0.624. The highest BCUT2D eigenvalue weighted by molar-refractivity contribution is 5.84. The third-order valence-corrected chi connectivity index (χ3v) is 4.45. The maximum atomic E-state index is 12.7. The van der Waals surface area contributed by atoms with Crippen LogP contribution in [0.2, 0.25) is 0 Å². The highest BCUT2D eigenvalue weighted by Gasteiger charge is 2.41. The van der Waals surface area contributed by atoms with Gasteiger partial charge in [-0.05, 0) is 44.8 Å². The second kappa shape index (κ2) is 6.48. The molecule has 3 rings (SSSR count). The summed E-state index contributed by atoms with van der Waals surface area (Å²) < 4.78 is 1.77. The standard InChI is InChI=1S/C15H23N5O2/c21-13(12-2-3-12)17-9-10-18-14(22)15(4-7-16-8-5-15)20-11-1-6-19-20/h1,6,11-12,16H,2-5,7-10H2,(H,17,21)(H,18,22). The summed E-state index contributed by atoms with van der Waals surface area (Å²) in [6.07, 6.45) is 6.97. The summed E-state index contributed by atoms with van der Waals surface area (Å²) >= 11 is 0. The van der Waals surface area contributed by atoms with Gasteiger partial charge in [0.25, 0.3) is 0 Å². The topological polar surface area (TPSA) is 88.1 Å². The van der Waals surface area contributed by atoms with E-state index in [-0.39, 0.29) is 17.7 Å². The van der Waals surface area contributed by atoms with Crippen molar-refractivity contribution < 1.29 is 9.59 Å². The summed E-state index contributed by atoms with van der Waals surface area (Å²) in [5, 5.41) is 13.4. The van der Waals surface area contributed by atoms with Crippen LogP contribution in [0.5, 0.6) is 0 Å². The first kappa shape index (κ1) is 15.0. The zero-order valence-corrected chi connectivity index (χ0v) is 12.7. The Balaban J connectivity index is 1.54. The normalized spacial score (nSPS) is 20.4. The lowest BCUT2D eigenvalue weighted by atomic mass is 9.87. The highest BCUT2D eigenvalue weighted by atomic mass is 16.2. The van der Waals surface area contributed by atoms with Crippen molar-refractivity contribution in [1.82, 2.24) is 25.7 Å².